The Kier molecular flexibility index (Phi) is 4.04. The average Bonchev–Trinajstić information content (AvgIpc) is 2.93. The van der Waals surface area contributed by atoms with Gasteiger partial charge in [-0.15, -0.1) is 0 Å². The van der Waals surface area contributed by atoms with Gasteiger partial charge in [0.1, 0.15) is 6.10 Å². The van der Waals surface area contributed by atoms with Crippen molar-refractivity contribution in [1.29, 1.82) is 0 Å². The Bertz CT molecular complexity index is 556. The van der Waals surface area contributed by atoms with E-state index in [0.717, 1.165) is 35.7 Å². The Balaban J connectivity index is 2.19. The fourth-order valence-corrected chi connectivity index (χ4v) is 2.33. The zero-order chi connectivity index (χ0) is 14.0. The van der Waals surface area contributed by atoms with E-state index in [1.165, 1.54) is 0 Å². The molecule has 1 unspecified atom stereocenters. The first-order valence-corrected chi connectivity index (χ1v) is 6.79. The van der Waals surface area contributed by atoms with Crippen molar-refractivity contribution in [3.8, 4) is 0 Å². The van der Waals surface area contributed by atoms with Gasteiger partial charge in [-0.3, -0.25) is 9.36 Å². The summed E-state index contributed by atoms with van der Waals surface area (Å²) in [4.78, 5) is 0. The summed E-state index contributed by atoms with van der Waals surface area (Å²) >= 11 is 0. The number of aryl methyl sites for hydroxylation is 4. The van der Waals surface area contributed by atoms with E-state index in [1.54, 1.807) is 0 Å². The van der Waals surface area contributed by atoms with E-state index in [2.05, 4.69) is 23.2 Å². The standard InChI is InChI=1S/C14H22N4O/c1-5-11-8-12(17(4)16-11)9-14(19)13-7-10(3)15-18(13)6-2/h7-8,14,19H,5-6,9H2,1-4H3. The summed E-state index contributed by atoms with van der Waals surface area (Å²) < 4.78 is 3.71. The van der Waals surface area contributed by atoms with Crippen molar-refractivity contribution in [3.05, 3.63) is 34.9 Å². The van der Waals surface area contributed by atoms with Crippen molar-refractivity contribution >= 4 is 0 Å². The highest BCUT2D eigenvalue weighted by Gasteiger charge is 2.17. The van der Waals surface area contributed by atoms with Crippen LogP contribution in [0.15, 0.2) is 12.1 Å². The molecule has 0 saturated heterocycles. The van der Waals surface area contributed by atoms with E-state index in [4.69, 9.17) is 0 Å². The molecule has 0 radical (unpaired) electrons. The van der Waals surface area contributed by atoms with Crippen molar-refractivity contribution in [2.24, 2.45) is 7.05 Å². The van der Waals surface area contributed by atoms with Gasteiger partial charge in [-0.25, -0.2) is 0 Å². The molecule has 0 bridgehead atoms. The molecule has 0 fully saturated rings. The molecule has 1 N–H and O–H groups in total. The first-order chi connectivity index (χ1) is 9.05. The molecule has 0 aliphatic carbocycles. The summed E-state index contributed by atoms with van der Waals surface area (Å²) in [5.74, 6) is 0. The van der Waals surface area contributed by atoms with Crippen LogP contribution in [0.1, 0.15) is 42.7 Å². The van der Waals surface area contributed by atoms with E-state index in [0.29, 0.717) is 6.42 Å². The maximum Gasteiger partial charge on any atom is 0.101 e. The number of hydrogen-bond acceptors (Lipinski definition) is 3. The Morgan fingerprint density at radius 1 is 1.26 bits per heavy atom. The molecular formula is C14H22N4O. The van der Waals surface area contributed by atoms with Crippen molar-refractivity contribution in [1.82, 2.24) is 19.6 Å². The monoisotopic (exact) mass is 262 g/mol. The first kappa shape index (κ1) is 13.8. The van der Waals surface area contributed by atoms with Crippen LogP contribution >= 0.6 is 0 Å². The minimum absolute atomic E-state index is 0.541. The second kappa shape index (κ2) is 5.57. The minimum Gasteiger partial charge on any atom is -0.386 e. The summed E-state index contributed by atoms with van der Waals surface area (Å²) in [6.45, 7) is 6.83. The van der Waals surface area contributed by atoms with Gasteiger partial charge >= 0.3 is 0 Å². The molecule has 19 heavy (non-hydrogen) atoms. The van der Waals surface area contributed by atoms with Crippen molar-refractivity contribution < 1.29 is 5.11 Å². The van der Waals surface area contributed by atoms with Gasteiger partial charge in [0.15, 0.2) is 0 Å². The lowest BCUT2D eigenvalue weighted by Crippen LogP contribution is -2.12. The van der Waals surface area contributed by atoms with E-state index < -0.39 is 6.10 Å². The molecule has 1 atom stereocenters. The quantitative estimate of drug-likeness (QED) is 0.893. The Hall–Kier alpha value is -1.62. The molecule has 2 aromatic heterocycles. The molecule has 2 aromatic rings. The van der Waals surface area contributed by atoms with Gasteiger partial charge in [-0.2, -0.15) is 10.2 Å². The summed E-state index contributed by atoms with van der Waals surface area (Å²) in [6.07, 6.45) is 0.936. The fourth-order valence-electron chi connectivity index (χ4n) is 2.33. The lowest BCUT2D eigenvalue weighted by molar-refractivity contribution is 0.164. The lowest BCUT2D eigenvalue weighted by Gasteiger charge is -2.12. The summed E-state index contributed by atoms with van der Waals surface area (Å²) in [6, 6.07) is 4.01. The van der Waals surface area contributed by atoms with Crippen LogP contribution in [0, 0.1) is 6.92 Å². The zero-order valence-corrected chi connectivity index (χ0v) is 12.1. The molecule has 2 rings (SSSR count). The predicted molar refractivity (Wildman–Crippen MR) is 73.9 cm³/mol. The van der Waals surface area contributed by atoms with Gasteiger partial charge in [0.25, 0.3) is 0 Å². The molecule has 2 heterocycles. The number of rotatable bonds is 5. The molecule has 0 aliphatic heterocycles. The number of nitrogens with zero attached hydrogens (tertiary/aromatic N) is 4. The Labute approximate surface area is 113 Å². The normalized spacial score (nSPS) is 12.9. The molecule has 0 saturated carbocycles. The highest BCUT2D eigenvalue weighted by atomic mass is 16.3. The van der Waals surface area contributed by atoms with Crippen LogP contribution in [0.3, 0.4) is 0 Å². The summed E-state index contributed by atoms with van der Waals surface area (Å²) in [5.41, 5.74) is 3.92. The highest BCUT2D eigenvalue weighted by molar-refractivity contribution is 5.17. The largest absolute Gasteiger partial charge is 0.386 e. The van der Waals surface area contributed by atoms with Crippen molar-refractivity contribution in [3.63, 3.8) is 0 Å². The van der Waals surface area contributed by atoms with Gasteiger partial charge in [0, 0.05) is 25.7 Å². The molecular weight excluding hydrogens is 240 g/mol. The Morgan fingerprint density at radius 2 is 2.00 bits per heavy atom. The number of hydrogen-bond donors (Lipinski definition) is 1. The van der Waals surface area contributed by atoms with Gasteiger partial charge in [0.2, 0.25) is 0 Å². The van der Waals surface area contributed by atoms with E-state index >= 15 is 0 Å². The van der Waals surface area contributed by atoms with E-state index in [-0.39, 0.29) is 0 Å². The molecule has 5 nitrogen and oxygen atoms in total. The third-order valence-corrected chi connectivity index (χ3v) is 3.37. The van der Waals surface area contributed by atoms with Gasteiger partial charge < -0.3 is 5.11 Å². The Morgan fingerprint density at radius 3 is 2.58 bits per heavy atom. The predicted octanol–water partition coefficient (Wildman–Crippen LogP) is 1.78. The van der Waals surface area contributed by atoms with Crippen LogP contribution < -0.4 is 0 Å². The average molecular weight is 262 g/mol. The second-order valence-corrected chi connectivity index (χ2v) is 4.85. The van der Waals surface area contributed by atoms with Crippen LogP contribution in [-0.2, 0) is 26.4 Å². The minimum atomic E-state index is -0.541. The van der Waals surface area contributed by atoms with Crippen LogP contribution in [0.25, 0.3) is 0 Å². The molecule has 0 spiro atoms. The first-order valence-electron chi connectivity index (χ1n) is 6.79. The maximum atomic E-state index is 10.4. The van der Waals surface area contributed by atoms with Crippen molar-refractivity contribution in [2.45, 2.75) is 46.3 Å². The third-order valence-electron chi connectivity index (χ3n) is 3.37. The molecule has 104 valence electrons. The van der Waals surface area contributed by atoms with Crippen LogP contribution in [0.2, 0.25) is 0 Å². The molecule has 0 aliphatic rings. The van der Waals surface area contributed by atoms with Crippen LogP contribution in [0.5, 0.6) is 0 Å². The number of aromatic nitrogens is 4. The molecule has 0 aromatic carbocycles. The summed E-state index contributed by atoms with van der Waals surface area (Å²) in [5, 5.41) is 19.2. The molecule has 5 heteroatoms. The number of aliphatic hydroxyl groups is 1. The summed E-state index contributed by atoms with van der Waals surface area (Å²) in [7, 11) is 1.92. The smallest absolute Gasteiger partial charge is 0.101 e. The topological polar surface area (TPSA) is 55.9 Å². The SMILES string of the molecule is CCc1cc(CC(O)c2cc(C)nn2CC)n(C)n1. The van der Waals surface area contributed by atoms with Gasteiger partial charge in [-0.05, 0) is 32.4 Å². The number of aliphatic hydroxyl groups excluding tert-OH is 1. The molecule has 0 amide bonds. The van der Waals surface area contributed by atoms with Gasteiger partial charge in [0.05, 0.1) is 17.1 Å². The third kappa shape index (κ3) is 2.87. The highest BCUT2D eigenvalue weighted by Crippen LogP contribution is 2.20. The lowest BCUT2D eigenvalue weighted by atomic mass is 10.1. The van der Waals surface area contributed by atoms with Crippen LogP contribution in [-0.4, -0.2) is 24.7 Å². The van der Waals surface area contributed by atoms with E-state index in [1.807, 2.05) is 36.3 Å². The van der Waals surface area contributed by atoms with Crippen LogP contribution in [0.4, 0.5) is 0 Å². The van der Waals surface area contributed by atoms with Crippen molar-refractivity contribution in [2.75, 3.05) is 0 Å². The maximum absolute atomic E-state index is 10.4. The zero-order valence-electron chi connectivity index (χ0n) is 12.1. The fraction of sp³-hybridized carbons (Fsp3) is 0.571. The van der Waals surface area contributed by atoms with E-state index in [9.17, 15) is 5.11 Å². The van der Waals surface area contributed by atoms with Gasteiger partial charge in [-0.1, -0.05) is 6.92 Å². The second-order valence-electron chi connectivity index (χ2n) is 4.85.